The van der Waals surface area contributed by atoms with E-state index in [0.29, 0.717) is 63.0 Å². The second-order valence-electron chi connectivity index (χ2n) is 5.75. The van der Waals surface area contributed by atoms with Crippen LogP contribution >= 0.6 is 0 Å². The van der Waals surface area contributed by atoms with Crippen LogP contribution in [0.4, 0.5) is 11.4 Å². The first-order valence-corrected chi connectivity index (χ1v) is 7.28. The number of nitrogens with zero attached hydrogens (tertiary/aromatic N) is 1. The Morgan fingerprint density at radius 1 is 1.14 bits per heavy atom. The van der Waals surface area contributed by atoms with Crippen LogP contribution in [-0.4, -0.2) is 50.7 Å². The minimum atomic E-state index is -0.729. The lowest BCUT2D eigenvalue weighted by Gasteiger charge is -2.36. The Labute approximate surface area is 124 Å². The zero-order chi connectivity index (χ0) is 14.9. The van der Waals surface area contributed by atoms with E-state index in [4.69, 9.17) is 19.9 Å². The third-order valence-corrected chi connectivity index (χ3v) is 4.06. The number of hydrogen-bond acceptors (Lipinski definition) is 6. The number of likely N-dealkylation sites (N-methyl/N-ethyl adjacent to an activating group) is 1. The first-order valence-electron chi connectivity index (χ1n) is 7.28. The van der Waals surface area contributed by atoms with E-state index in [1.54, 1.807) is 6.07 Å². The molecule has 0 amide bonds. The largest absolute Gasteiger partial charge is 0.486 e. The molecule has 116 valence electrons. The molecule has 6 heteroatoms. The third kappa shape index (κ3) is 3.01. The third-order valence-electron chi connectivity index (χ3n) is 4.06. The normalized spacial score (nSPS) is 20.1. The number of anilines is 2. The molecule has 0 bridgehead atoms. The standard InChI is InChI=1S/C15H22N2O4/c1-17(10-15(18)2-4-19-5-3-15)12-9-14-13(8-11(12)16)20-6-7-21-14/h8-9,18H,2-7,10,16H2,1H3. The molecule has 2 aliphatic rings. The van der Waals surface area contributed by atoms with Gasteiger partial charge in [0.25, 0.3) is 0 Å². The molecule has 0 radical (unpaired) electrons. The summed E-state index contributed by atoms with van der Waals surface area (Å²) < 4.78 is 16.4. The lowest BCUT2D eigenvalue weighted by molar-refractivity contribution is -0.0572. The molecule has 1 aromatic carbocycles. The fourth-order valence-electron chi connectivity index (χ4n) is 2.86. The van der Waals surface area contributed by atoms with Crippen molar-refractivity contribution in [2.75, 3.05) is 50.7 Å². The summed E-state index contributed by atoms with van der Waals surface area (Å²) in [5, 5.41) is 10.6. The Bertz CT molecular complexity index is 515. The van der Waals surface area contributed by atoms with Crippen molar-refractivity contribution in [2.45, 2.75) is 18.4 Å². The molecule has 0 aliphatic carbocycles. The van der Waals surface area contributed by atoms with Gasteiger partial charge in [0, 0.05) is 51.8 Å². The highest BCUT2D eigenvalue weighted by atomic mass is 16.6. The molecular weight excluding hydrogens is 272 g/mol. The van der Waals surface area contributed by atoms with Crippen molar-refractivity contribution >= 4 is 11.4 Å². The molecule has 2 aliphatic heterocycles. The Balaban J connectivity index is 1.79. The maximum Gasteiger partial charge on any atom is 0.163 e. The van der Waals surface area contributed by atoms with Crippen molar-refractivity contribution in [2.24, 2.45) is 0 Å². The highest BCUT2D eigenvalue weighted by Crippen LogP contribution is 2.39. The zero-order valence-corrected chi connectivity index (χ0v) is 12.3. The molecule has 3 N–H and O–H groups in total. The quantitative estimate of drug-likeness (QED) is 0.811. The van der Waals surface area contributed by atoms with Crippen LogP contribution in [0, 0.1) is 0 Å². The van der Waals surface area contributed by atoms with Crippen LogP contribution < -0.4 is 20.1 Å². The lowest BCUT2D eigenvalue weighted by Crippen LogP contribution is -2.45. The van der Waals surface area contributed by atoms with E-state index in [9.17, 15) is 5.11 Å². The molecule has 1 fully saturated rings. The average Bonchev–Trinajstić information content (AvgIpc) is 2.46. The highest BCUT2D eigenvalue weighted by Gasteiger charge is 2.32. The number of hydrogen-bond donors (Lipinski definition) is 2. The predicted octanol–water partition coefficient (Wildman–Crippen LogP) is 1.02. The Kier molecular flexibility index (Phi) is 3.82. The van der Waals surface area contributed by atoms with Crippen molar-refractivity contribution < 1.29 is 19.3 Å². The van der Waals surface area contributed by atoms with E-state index in [0.717, 1.165) is 5.69 Å². The Morgan fingerprint density at radius 2 is 1.76 bits per heavy atom. The second-order valence-corrected chi connectivity index (χ2v) is 5.75. The molecule has 2 heterocycles. The fraction of sp³-hybridized carbons (Fsp3) is 0.600. The van der Waals surface area contributed by atoms with Gasteiger partial charge in [0.15, 0.2) is 11.5 Å². The summed E-state index contributed by atoms with van der Waals surface area (Å²) in [6.45, 7) is 2.80. The van der Waals surface area contributed by atoms with E-state index >= 15 is 0 Å². The molecule has 1 aromatic rings. The maximum atomic E-state index is 10.6. The summed E-state index contributed by atoms with van der Waals surface area (Å²) in [5.74, 6) is 1.39. The number of rotatable bonds is 3. The minimum Gasteiger partial charge on any atom is -0.486 e. The van der Waals surface area contributed by atoms with Crippen molar-refractivity contribution in [3.05, 3.63) is 12.1 Å². The van der Waals surface area contributed by atoms with Crippen molar-refractivity contribution in [1.29, 1.82) is 0 Å². The molecule has 0 aromatic heterocycles. The number of nitrogens with two attached hydrogens (primary N) is 1. The van der Waals surface area contributed by atoms with Crippen LogP contribution in [0.5, 0.6) is 11.5 Å². The first-order chi connectivity index (χ1) is 10.1. The molecule has 3 rings (SSSR count). The van der Waals surface area contributed by atoms with E-state index in [1.165, 1.54) is 0 Å². The molecule has 21 heavy (non-hydrogen) atoms. The van der Waals surface area contributed by atoms with Gasteiger partial charge in [-0.05, 0) is 0 Å². The summed E-state index contributed by atoms with van der Waals surface area (Å²) in [5.41, 5.74) is 6.85. The maximum absolute atomic E-state index is 10.6. The average molecular weight is 294 g/mol. The summed E-state index contributed by atoms with van der Waals surface area (Å²) in [4.78, 5) is 1.97. The number of aliphatic hydroxyl groups is 1. The molecular formula is C15H22N2O4. The first kappa shape index (κ1) is 14.3. The van der Waals surface area contributed by atoms with Crippen LogP contribution in [0.25, 0.3) is 0 Å². The summed E-state index contributed by atoms with van der Waals surface area (Å²) >= 11 is 0. The highest BCUT2D eigenvalue weighted by molar-refractivity contribution is 5.73. The second kappa shape index (κ2) is 5.61. The van der Waals surface area contributed by atoms with Gasteiger partial charge in [0.1, 0.15) is 13.2 Å². The van der Waals surface area contributed by atoms with Gasteiger partial charge in [-0.2, -0.15) is 0 Å². The number of nitrogen functional groups attached to an aromatic ring is 1. The van der Waals surface area contributed by atoms with Gasteiger partial charge in [-0.1, -0.05) is 0 Å². The fourth-order valence-corrected chi connectivity index (χ4v) is 2.86. The number of ether oxygens (including phenoxy) is 3. The smallest absolute Gasteiger partial charge is 0.163 e. The molecule has 0 saturated carbocycles. The van der Waals surface area contributed by atoms with Gasteiger partial charge in [-0.25, -0.2) is 0 Å². The summed E-state index contributed by atoms with van der Waals surface area (Å²) in [6, 6.07) is 3.67. The van der Waals surface area contributed by atoms with Crippen LogP contribution in [-0.2, 0) is 4.74 Å². The van der Waals surface area contributed by atoms with Gasteiger partial charge in [-0.3, -0.25) is 0 Å². The Morgan fingerprint density at radius 3 is 2.43 bits per heavy atom. The predicted molar refractivity (Wildman–Crippen MR) is 80.1 cm³/mol. The molecule has 0 atom stereocenters. The van der Waals surface area contributed by atoms with Crippen molar-refractivity contribution in [3.63, 3.8) is 0 Å². The zero-order valence-electron chi connectivity index (χ0n) is 12.3. The topological polar surface area (TPSA) is 77.2 Å². The molecule has 6 nitrogen and oxygen atoms in total. The van der Waals surface area contributed by atoms with E-state index in [1.807, 2.05) is 18.0 Å². The van der Waals surface area contributed by atoms with Gasteiger partial charge < -0.3 is 30.0 Å². The molecule has 1 saturated heterocycles. The Hall–Kier alpha value is -1.66. The van der Waals surface area contributed by atoms with Crippen LogP contribution in [0.3, 0.4) is 0 Å². The molecule has 0 unspecified atom stereocenters. The minimum absolute atomic E-state index is 0.514. The SMILES string of the molecule is CN(CC1(O)CCOCC1)c1cc2c(cc1N)OCCO2. The van der Waals surface area contributed by atoms with Gasteiger partial charge >= 0.3 is 0 Å². The van der Waals surface area contributed by atoms with Gasteiger partial charge in [0.2, 0.25) is 0 Å². The molecule has 0 spiro atoms. The number of benzene rings is 1. The summed E-state index contributed by atoms with van der Waals surface area (Å²) in [6.07, 6.45) is 1.28. The number of fused-ring (bicyclic) bond motifs is 1. The van der Waals surface area contributed by atoms with Crippen LogP contribution in [0.2, 0.25) is 0 Å². The van der Waals surface area contributed by atoms with Crippen molar-refractivity contribution in [3.8, 4) is 11.5 Å². The monoisotopic (exact) mass is 294 g/mol. The lowest BCUT2D eigenvalue weighted by atomic mass is 9.93. The van der Waals surface area contributed by atoms with Crippen LogP contribution in [0.15, 0.2) is 12.1 Å². The van der Waals surface area contributed by atoms with E-state index in [-0.39, 0.29) is 0 Å². The summed E-state index contributed by atoms with van der Waals surface area (Å²) in [7, 11) is 1.93. The van der Waals surface area contributed by atoms with Crippen molar-refractivity contribution in [1.82, 2.24) is 0 Å². The van der Waals surface area contributed by atoms with E-state index in [2.05, 4.69) is 0 Å². The van der Waals surface area contributed by atoms with Crippen LogP contribution in [0.1, 0.15) is 12.8 Å². The van der Waals surface area contributed by atoms with Gasteiger partial charge in [0.05, 0.1) is 17.0 Å². The van der Waals surface area contributed by atoms with Gasteiger partial charge in [-0.15, -0.1) is 0 Å². The van der Waals surface area contributed by atoms with E-state index < -0.39 is 5.60 Å².